The molecule has 2 N–H and O–H groups in total. The van der Waals surface area contributed by atoms with Gasteiger partial charge >= 0.3 is 0 Å². The van der Waals surface area contributed by atoms with E-state index in [1.165, 1.54) is 12.8 Å². The van der Waals surface area contributed by atoms with Gasteiger partial charge in [-0.1, -0.05) is 13.3 Å². The zero-order valence-electron chi connectivity index (χ0n) is 4.11. The van der Waals surface area contributed by atoms with Gasteiger partial charge in [-0.2, -0.15) is 0 Å². The first-order valence-electron chi connectivity index (χ1n) is 2.12. The molecule has 2 heteroatoms. The molecule has 0 fully saturated rings. The Morgan fingerprint density at radius 1 is 1.50 bits per heavy atom. The maximum Gasteiger partial charge on any atom is -0.00774 e. The number of rotatable bonds is 2. The molecule has 0 aromatic carbocycles. The molecule has 0 heterocycles. The molecule has 0 aromatic rings. The van der Waals surface area contributed by atoms with Crippen molar-refractivity contribution in [3.8, 4) is 0 Å². The normalized spacial score (nSPS) is 7.00. The molecule has 0 unspecified atom stereocenters. The van der Waals surface area contributed by atoms with Crippen LogP contribution in [0.3, 0.4) is 0 Å². The Labute approximate surface area is 49.7 Å². The van der Waals surface area contributed by atoms with E-state index >= 15 is 0 Å². The second kappa shape index (κ2) is 9.06. The average Bonchev–Trinajstić information content (AvgIpc) is 1.41. The molecule has 0 aromatic heterocycles. The van der Waals surface area contributed by atoms with Crippen molar-refractivity contribution < 1.29 is 0 Å². The van der Waals surface area contributed by atoms with Crippen LogP contribution in [0.4, 0.5) is 0 Å². The third-order valence-corrected chi connectivity index (χ3v) is 0.558. The van der Waals surface area contributed by atoms with Gasteiger partial charge in [0.2, 0.25) is 0 Å². The van der Waals surface area contributed by atoms with Gasteiger partial charge in [-0.3, -0.25) is 0 Å². The highest BCUT2D eigenvalue weighted by atomic mass is 79.9. The molecule has 0 saturated heterocycles. The van der Waals surface area contributed by atoms with Crippen LogP contribution in [0.25, 0.3) is 0 Å². The molecule has 0 radical (unpaired) electrons. The first-order chi connectivity index (χ1) is 2.41. The van der Waals surface area contributed by atoms with Crippen molar-refractivity contribution in [1.82, 2.24) is 0 Å². The summed E-state index contributed by atoms with van der Waals surface area (Å²) in [6, 6.07) is 0. The number of unbranched alkanes of at least 4 members (excludes halogenated alkanes) is 1. The maximum absolute atomic E-state index is 5.14. The Morgan fingerprint density at radius 2 is 2.00 bits per heavy atom. The minimum atomic E-state index is 0. The summed E-state index contributed by atoms with van der Waals surface area (Å²) in [4.78, 5) is 0. The highest BCUT2D eigenvalue weighted by Gasteiger charge is 1.67. The summed E-state index contributed by atoms with van der Waals surface area (Å²) < 4.78 is 0. The first-order valence-corrected chi connectivity index (χ1v) is 2.12. The summed E-state index contributed by atoms with van der Waals surface area (Å²) in [6.45, 7) is 2.98. The molecule has 0 aliphatic carbocycles. The van der Waals surface area contributed by atoms with Crippen LogP contribution in [0.15, 0.2) is 0 Å². The summed E-state index contributed by atoms with van der Waals surface area (Å²) in [6.07, 6.45) is 2.39. The van der Waals surface area contributed by atoms with Crippen LogP contribution in [0.2, 0.25) is 0 Å². The lowest BCUT2D eigenvalue weighted by molar-refractivity contribution is 0.807. The van der Waals surface area contributed by atoms with E-state index < -0.39 is 0 Å². The Kier molecular flexibility index (Phi) is 14.6. The predicted molar refractivity (Wildman–Crippen MR) is 34.3 cm³/mol. The summed E-state index contributed by atoms with van der Waals surface area (Å²) in [5.41, 5.74) is 5.14. The topological polar surface area (TPSA) is 26.0 Å². The zero-order valence-corrected chi connectivity index (χ0v) is 5.82. The van der Waals surface area contributed by atoms with Gasteiger partial charge in [0, 0.05) is 0 Å². The molecule has 0 spiro atoms. The molecular formula is C4H12BrN. The van der Waals surface area contributed by atoms with Crippen LogP contribution in [-0.2, 0) is 0 Å². The van der Waals surface area contributed by atoms with Crippen LogP contribution in [-0.4, -0.2) is 6.54 Å². The third kappa shape index (κ3) is 8.83. The van der Waals surface area contributed by atoms with Gasteiger partial charge in [0.1, 0.15) is 0 Å². The van der Waals surface area contributed by atoms with Crippen molar-refractivity contribution >= 4 is 17.0 Å². The van der Waals surface area contributed by atoms with E-state index in [9.17, 15) is 0 Å². The van der Waals surface area contributed by atoms with Gasteiger partial charge < -0.3 is 5.73 Å². The lowest BCUT2D eigenvalue weighted by atomic mass is 10.3. The van der Waals surface area contributed by atoms with E-state index in [2.05, 4.69) is 6.92 Å². The summed E-state index contributed by atoms with van der Waals surface area (Å²) in [5.74, 6) is 0. The van der Waals surface area contributed by atoms with Crippen molar-refractivity contribution in [2.75, 3.05) is 6.54 Å². The lowest BCUT2D eigenvalue weighted by Crippen LogP contribution is -1.95. The van der Waals surface area contributed by atoms with Gasteiger partial charge in [-0.25, -0.2) is 0 Å². The summed E-state index contributed by atoms with van der Waals surface area (Å²) in [7, 11) is 0. The maximum atomic E-state index is 5.14. The van der Waals surface area contributed by atoms with Crippen molar-refractivity contribution in [2.24, 2.45) is 5.73 Å². The molecule has 0 amide bonds. The summed E-state index contributed by atoms with van der Waals surface area (Å²) in [5, 5.41) is 0. The highest BCUT2D eigenvalue weighted by Crippen LogP contribution is 1.77. The van der Waals surface area contributed by atoms with E-state index in [4.69, 9.17) is 5.73 Å². The van der Waals surface area contributed by atoms with Gasteiger partial charge in [-0.05, 0) is 13.0 Å². The SMILES string of the molecule is Br.CCCCN. The number of hydrogen-bond acceptors (Lipinski definition) is 1. The second-order valence-corrected chi connectivity index (χ2v) is 1.14. The molecule has 40 valence electrons. The van der Waals surface area contributed by atoms with Crippen LogP contribution < -0.4 is 5.73 Å². The molecule has 6 heavy (non-hydrogen) atoms. The Morgan fingerprint density at radius 3 is 2.00 bits per heavy atom. The van der Waals surface area contributed by atoms with Gasteiger partial charge in [-0.15, -0.1) is 17.0 Å². The monoisotopic (exact) mass is 153 g/mol. The minimum absolute atomic E-state index is 0. The van der Waals surface area contributed by atoms with E-state index in [1.807, 2.05) is 0 Å². The van der Waals surface area contributed by atoms with Gasteiger partial charge in [0.05, 0.1) is 0 Å². The van der Waals surface area contributed by atoms with Crippen LogP contribution in [0.1, 0.15) is 19.8 Å². The number of hydrogen-bond donors (Lipinski definition) is 1. The molecular weight excluding hydrogens is 142 g/mol. The number of halogens is 1. The number of nitrogens with two attached hydrogens (primary N) is 1. The Hall–Kier alpha value is 0.440. The van der Waals surface area contributed by atoms with Crippen LogP contribution in [0.5, 0.6) is 0 Å². The van der Waals surface area contributed by atoms with Crippen molar-refractivity contribution in [1.29, 1.82) is 0 Å². The quantitative estimate of drug-likeness (QED) is 0.637. The molecule has 0 saturated carbocycles. The molecule has 0 atom stereocenters. The van der Waals surface area contributed by atoms with Crippen molar-refractivity contribution in [2.45, 2.75) is 19.8 Å². The molecule has 0 aliphatic rings. The predicted octanol–water partition coefficient (Wildman–Crippen LogP) is 1.32. The van der Waals surface area contributed by atoms with E-state index in [-0.39, 0.29) is 17.0 Å². The fourth-order valence-corrected chi connectivity index (χ4v) is 0.204. The van der Waals surface area contributed by atoms with Gasteiger partial charge in [0.25, 0.3) is 0 Å². The third-order valence-electron chi connectivity index (χ3n) is 0.558. The van der Waals surface area contributed by atoms with E-state index in [0.717, 1.165) is 6.54 Å². The minimum Gasteiger partial charge on any atom is -0.330 e. The molecule has 0 bridgehead atoms. The fourth-order valence-electron chi connectivity index (χ4n) is 0.204. The molecule has 1 nitrogen and oxygen atoms in total. The largest absolute Gasteiger partial charge is 0.330 e. The van der Waals surface area contributed by atoms with Crippen LogP contribution >= 0.6 is 17.0 Å². The standard InChI is InChI=1S/C4H11N.BrH/c1-2-3-4-5;/h2-5H2,1H3;1H. The van der Waals surface area contributed by atoms with E-state index in [1.54, 1.807) is 0 Å². The van der Waals surface area contributed by atoms with E-state index in [0.29, 0.717) is 0 Å². The first kappa shape index (κ1) is 9.67. The summed E-state index contributed by atoms with van der Waals surface area (Å²) >= 11 is 0. The highest BCUT2D eigenvalue weighted by molar-refractivity contribution is 8.93. The second-order valence-electron chi connectivity index (χ2n) is 1.14. The van der Waals surface area contributed by atoms with Crippen molar-refractivity contribution in [3.63, 3.8) is 0 Å². The average molecular weight is 154 g/mol. The van der Waals surface area contributed by atoms with Gasteiger partial charge in [0.15, 0.2) is 0 Å². The van der Waals surface area contributed by atoms with Crippen LogP contribution in [0, 0.1) is 0 Å². The fraction of sp³-hybridized carbons (Fsp3) is 1.00. The Bertz CT molecular complexity index is 15.0. The zero-order chi connectivity index (χ0) is 4.12. The lowest BCUT2D eigenvalue weighted by Gasteiger charge is -1.80. The molecule has 0 rings (SSSR count). The smallest absolute Gasteiger partial charge is 0.00774 e. The van der Waals surface area contributed by atoms with Crippen molar-refractivity contribution in [3.05, 3.63) is 0 Å². The molecule has 0 aliphatic heterocycles. The Balaban J connectivity index is 0.